The Morgan fingerprint density at radius 2 is 2.00 bits per heavy atom. The van der Waals surface area contributed by atoms with Gasteiger partial charge < -0.3 is 10.4 Å². The first kappa shape index (κ1) is 15.5. The molecule has 3 N–H and O–H groups in total. The molecule has 0 radical (unpaired) electrons. The van der Waals surface area contributed by atoms with Crippen LogP contribution in [0.2, 0.25) is 10.0 Å². The highest BCUT2D eigenvalue weighted by Crippen LogP contribution is 2.30. The van der Waals surface area contributed by atoms with Gasteiger partial charge in [-0.2, -0.15) is 4.37 Å². The van der Waals surface area contributed by atoms with E-state index in [1.165, 1.54) is 12.1 Å². The molecule has 21 heavy (non-hydrogen) atoms. The van der Waals surface area contributed by atoms with E-state index in [1.807, 2.05) is 0 Å². The second-order valence-electron chi connectivity index (χ2n) is 3.84. The molecule has 0 fully saturated rings. The maximum absolute atomic E-state index is 11.8. The summed E-state index contributed by atoms with van der Waals surface area (Å²) in [6.07, 6.45) is 0. The number of nitrogens with zero attached hydrogens (tertiary/aromatic N) is 2. The predicted molar refractivity (Wildman–Crippen MR) is 80.7 cm³/mol. The summed E-state index contributed by atoms with van der Waals surface area (Å²) in [6, 6.07) is 1.85. The molecule has 0 bridgehead atoms. The van der Waals surface area contributed by atoms with Crippen LogP contribution in [0.5, 0.6) is 0 Å². The van der Waals surface area contributed by atoms with Crippen LogP contribution in [0, 0.1) is 6.92 Å². The summed E-state index contributed by atoms with van der Waals surface area (Å²) in [7, 11) is 0. The van der Waals surface area contributed by atoms with Crippen molar-refractivity contribution in [2.45, 2.75) is 6.92 Å². The van der Waals surface area contributed by atoms with Crippen LogP contribution >= 0.6 is 34.7 Å². The van der Waals surface area contributed by atoms with Gasteiger partial charge in [-0.15, -0.1) is 0 Å². The van der Waals surface area contributed by atoms with Crippen molar-refractivity contribution < 1.29 is 14.7 Å². The average Bonchev–Trinajstić information content (AvgIpc) is 2.77. The van der Waals surface area contributed by atoms with Crippen LogP contribution in [0.15, 0.2) is 12.1 Å². The highest BCUT2D eigenvalue weighted by Gasteiger charge is 2.17. The molecule has 7 nitrogen and oxygen atoms in total. The first-order chi connectivity index (χ1) is 9.86. The molecule has 0 saturated heterocycles. The van der Waals surface area contributed by atoms with E-state index in [1.54, 1.807) is 6.92 Å². The standard InChI is InChI=1S/C11H8Cl2N4O3S/c1-4-14-11(21-17-4)16-10(20)15-8-6(9(18)19)2-5(12)3-7(8)13/h2-3H,1H3,(H,18,19)(H2,14,15,16,17,20). The van der Waals surface area contributed by atoms with Crippen molar-refractivity contribution in [1.29, 1.82) is 0 Å². The van der Waals surface area contributed by atoms with Gasteiger partial charge in [0.25, 0.3) is 0 Å². The van der Waals surface area contributed by atoms with Crippen molar-refractivity contribution in [3.8, 4) is 0 Å². The minimum atomic E-state index is -1.26. The molecule has 0 unspecified atom stereocenters. The van der Waals surface area contributed by atoms with Gasteiger partial charge in [0.1, 0.15) is 5.82 Å². The van der Waals surface area contributed by atoms with Gasteiger partial charge >= 0.3 is 12.0 Å². The van der Waals surface area contributed by atoms with Crippen molar-refractivity contribution >= 4 is 57.6 Å². The molecule has 0 aliphatic heterocycles. The third-order valence-corrected chi connectivity index (χ3v) is 3.51. The van der Waals surface area contributed by atoms with Gasteiger partial charge in [-0.25, -0.2) is 14.6 Å². The number of anilines is 2. The number of carboxylic acid groups (broad SMARTS) is 1. The van der Waals surface area contributed by atoms with Gasteiger partial charge in [-0.3, -0.25) is 5.32 Å². The molecule has 2 aromatic rings. The van der Waals surface area contributed by atoms with Crippen LogP contribution in [0.3, 0.4) is 0 Å². The molecule has 2 rings (SSSR count). The van der Waals surface area contributed by atoms with Crippen LogP contribution in [-0.2, 0) is 0 Å². The van der Waals surface area contributed by atoms with Crippen molar-refractivity contribution in [2.24, 2.45) is 0 Å². The molecule has 0 spiro atoms. The van der Waals surface area contributed by atoms with Gasteiger partial charge in [0.2, 0.25) is 5.13 Å². The number of amides is 2. The van der Waals surface area contributed by atoms with Crippen LogP contribution in [0.1, 0.15) is 16.2 Å². The topological polar surface area (TPSA) is 104 Å². The van der Waals surface area contributed by atoms with E-state index >= 15 is 0 Å². The molecule has 0 atom stereocenters. The number of carbonyl (C=O) groups excluding carboxylic acids is 1. The zero-order valence-electron chi connectivity index (χ0n) is 10.5. The van der Waals surface area contributed by atoms with E-state index in [2.05, 4.69) is 20.0 Å². The van der Waals surface area contributed by atoms with Gasteiger partial charge in [0.15, 0.2) is 0 Å². The number of hydrogen-bond donors (Lipinski definition) is 3. The van der Waals surface area contributed by atoms with Crippen LogP contribution in [0.25, 0.3) is 0 Å². The molecule has 0 aliphatic rings. The smallest absolute Gasteiger partial charge is 0.337 e. The summed E-state index contributed by atoms with van der Waals surface area (Å²) in [6.45, 7) is 1.68. The van der Waals surface area contributed by atoms with Gasteiger partial charge in [-0.05, 0) is 19.1 Å². The molecule has 1 aromatic carbocycles. The number of aryl methyl sites for hydroxylation is 1. The number of rotatable bonds is 3. The highest BCUT2D eigenvalue weighted by atomic mass is 35.5. The molecule has 2 amide bonds. The fourth-order valence-corrected chi connectivity index (χ4v) is 2.57. The van der Waals surface area contributed by atoms with Gasteiger partial charge in [0, 0.05) is 16.6 Å². The van der Waals surface area contributed by atoms with Crippen LogP contribution < -0.4 is 10.6 Å². The lowest BCUT2D eigenvalue weighted by atomic mass is 10.2. The number of aromatic carboxylic acids is 1. The van der Waals surface area contributed by atoms with Gasteiger partial charge in [-0.1, -0.05) is 23.2 Å². The average molecular weight is 347 g/mol. The Morgan fingerprint density at radius 3 is 2.57 bits per heavy atom. The Morgan fingerprint density at radius 1 is 1.29 bits per heavy atom. The highest BCUT2D eigenvalue weighted by molar-refractivity contribution is 7.09. The Kier molecular flexibility index (Phi) is 4.61. The monoisotopic (exact) mass is 346 g/mol. The molecule has 0 aliphatic carbocycles. The maximum atomic E-state index is 11.8. The lowest BCUT2D eigenvalue weighted by molar-refractivity contribution is 0.0698. The van der Waals surface area contributed by atoms with Crippen molar-refractivity contribution in [1.82, 2.24) is 9.36 Å². The number of hydrogen-bond acceptors (Lipinski definition) is 5. The third-order valence-electron chi connectivity index (χ3n) is 2.27. The molecular formula is C11H8Cl2N4O3S. The van der Waals surface area contributed by atoms with E-state index in [0.29, 0.717) is 5.82 Å². The fourth-order valence-electron chi connectivity index (χ4n) is 1.46. The summed E-state index contributed by atoms with van der Waals surface area (Å²) in [4.78, 5) is 26.9. The molecule has 1 heterocycles. The second kappa shape index (κ2) is 6.25. The lowest BCUT2D eigenvalue weighted by Gasteiger charge is -2.11. The van der Waals surface area contributed by atoms with Crippen molar-refractivity contribution in [3.63, 3.8) is 0 Å². The quantitative estimate of drug-likeness (QED) is 0.788. The fraction of sp³-hybridized carbons (Fsp3) is 0.0909. The number of urea groups is 1. The first-order valence-electron chi connectivity index (χ1n) is 5.47. The number of carboxylic acids is 1. The summed E-state index contributed by atoms with van der Waals surface area (Å²) in [5, 5.41) is 14.4. The van der Waals surface area contributed by atoms with Crippen molar-refractivity contribution in [3.05, 3.63) is 33.6 Å². The molecule has 0 saturated carbocycles. The number of aromatic nitrogens is 2. The number of nitrogens with one attached hydrogen (secondary N) is 2. The minimum absolute atomic E-state index is 0.0171. The largest absolute Gasteiger partial charge is 0.478 e. The Labute approximate surface area is 133 Å². The van der Waals surface area contributed by atoms with E-state index in [4.69, 9.17) is 28.3 Å². The summed E-state index contributed by atoms with van der Waals surface area (Å²) < 4.78 is 3.90. The maximum Gasteiger partial charge on any atom is 0.337 e. The van der Waals surface area contributed by atoms with Crippen LogP contribution in [0.4, 0.5) is 15.6 Å². The minimum Gasteiger partial charge on any atom is -0.478 e. The van der Waals surface area contributed by atoms with E-state index < -0.39 is 12.0 Å². The van der Waals surface area contributed by atoms with E-state index in [9.17, 15) is 9.59 Å². The predicted octanol–water partition coefficient (Wildman–Crippen LogP) is 3.50. The lowest BCUT2D eigenvalue weighted by Crippen LogP contribution is -2.21. The Bertz CT molecular complexity index is 719. The van der Waals surface area contributed by atoms with Crippen molar-refractivity contribution in [2.75, 3.05) is 10.6 Å². The first-order valence-corrected chi connectivity index (χ1v) is 7.00. The second-order valence-corrected chi connectivity index (χ2v) is 5.44. The van der Waals surface area contributed by atoms with E-state index in [0.717, 1.165) is 11.5 Å². The zero-order valence-corrected chi connectivity index (χ0v) is 12.8. The Hall–Kier alpha value is -1.90. The van der Waals surface area contributed by atoms with E-state index in [-0.39, 0.29) is 26.4 Å². The molecular weight excluding hydrogens is 339 g/mol. The number of halogens is 2. The SMILES string of the molecule is Cc1nsc(NC(=O)Nc2c(Cl)cc(Cl)cc2C(=O)O)n1. The Balaban J connectivity index is 2.22. The number of carbonyl (C=O) groups is 2. The molecule has 1 aromatic heterocycles. The van der Waals surface area contributed by atoms with Gasteiger partial charge in [0.05, 0.1) is 16.3 Å². The van der Waals surface area contributed by atoms with Crippen LogP contribution in [-0.4, -0.2) is 26.5 Å². The molecule has 110 valence electrons. The molecule has 10 heteroatoms. The third kappa shape index (κ3) is 3.81. The summed E-state index contributed by atoms with van der Waals surface area (Å²) in [5.74, 6) is -0.743. The summed E-state index contributed by atoms with van der Waals surface area (Å²) in [5.41, 5.74) is -0.261. The number of benzene rings is 1. The normalized spacial score (nSPS) is 10.2. The zero-order chi connectivity index (χ0) is 15.6. The summed E-state index contributed by atoms with van der Waals surface area (Å²) >= 11 is 12.7.